The molecule has 0 spiro atoms. The number of aromatic amines is 1. The number of benzene rings is 1. The fraction of sp³-hybridized carbons (Fsp3) is 0.357. The summed E-state index contributed by atoms with van der Waals surface area (Å²) >= 11 is 0. The van der Waals surface area contributed by atoms with E-state index in [1.165, 1.54) is 6.07 Å². The summed E-state index contributed by atoms with van der Waals surface area (Å²) in [5, 5.41) is 11.1. The quantitative estimate of drug-likeness (QED) is 0.257. The fourth-order valence-corrected chi connectivity index (χ4v) is 14.0. The lowest BCUT2D eigenvalue weighted by Gasteiger charge is -2.49. The van der Waals surface area contributed by atoms with Crippen molar-refractivity contribution in [2.75, 3.05) is 0 Å². The highest BCUT2D eigenvalue weighted by atomic mass is 28.3. The Hall–Kier alpha value is -3.06. The van der Waals surface area contributed by atoms with Gasteiger partial charge in [0.05, 0.1) is 8.07 Å². The van der Waals surface area contributed by atoms with Crippen LogP contribution in [0.5, 0.6) is 5.75 Å². The monoisotopic (exact) mass is 493 g/mol. The topological polar surface area (TPSA) is 61.8 Å². The SMILES string of the molecule is CC(C)[Si](C(C)C)(C(C)C)C(c1c(F)ccc(O)c1F)c1c[nH]c2ncc(-c3cccnc3)cc12. The first-order valence-corrected chi connectivity index (χ1v) is 14.5. The Morgan fingerprint density at radius 3 is 2.20 bits per heavy atom. The van der Waals surface area contributed by atoms with Crippen molar-refractivity contribution in [1.82, 2.24) is 15.0 Å². The maximum absolute atomic E-state index is 15.7. The van der Waals surface area contributed by atoms with E-state index >= 15 is 8.78 Å². The Morgan fingerprint density at radius 1 is 0.914 bits per heavy atom. The Morgan fingerprint density at radius 2 is 1.60 bits per heavy atom. The van der Waals surface area contributed by atoms with Gasteiger partial charge in [-0.05, 0) is 46.5 Å². The van der Waals surface area contributed by atoms with Gasteiger partial charge >= 0.3 is 0 Å². The van der Waals surface area contributed by atoms with Crippen LogP contribution >= 0.6 is 0 Å². The number of aromatic nitrogens is 3. The number of phenols is 1. The molecule has 0 aliphatic heterocycles. The number of pyridine rings is 2. The van der Waals surface area contributed by atoms with E-state index < -0.39 is 31.0 Å². The molecule has 0 bridgehead atoms. The normalized spacial score (nSPS) is 13.3. The molecular weight excluding hydrogens is 460 g/mol. The van der Waals surface area contributed by atoms with E-state index in [2.05, 4.69) is 56.5 Å². The van der Waals surface area contributed by atoms with Crippen LogP contribution in [0.1, 0.15) is 58.2 Å². The van der Waals surface area contributed by atoms with Gasteiger partial charge in [0.15, 0.2) is 11.6 Å². The molecule has 4 rings (SSSR count). The highest BCUT2D eigenvalue weighted by Gasteiger charge is 2.52. The minimum Gasteiger partial charge on any atom is -0.505 e. The van der Waals surface area contributed by atoms with Crippen LogP contribution in [-0.2, 0) is 0 Å². The highest BCUT2D eigenvalue weighted by Crippen LogP contribution is 2.55. The smallest absolute Gasteiger partial charge is 0.171 e. The predicted molar refractivity (Wildman–Crippen MR) is 140 cm³/mol. The number of hydrogen-bond donors (Lipinski definition) is 2. The summed E-state index contributed by atoms with van der Waals surface area (Å²) in [5.41, 5.74) is 3.36. The van der Waals surface area contributed by atoms with Gasteiger partial charge in [-0.3, -0.25) is 4.98 Å². The molecule has 0 aliphatic carbocycles. The first-order chi connectivity index (χ1) is 16.6. The first-order valence-electron chi connectivity index (χ1n) is 12.1. The number of hydrogen-bond acceptors (Lipinski definition) is 3. The molecule has 1 unspecified atom stereocenters. The summed E-state index contributed by atoms with van der Waals surface area (Å²) in [6.45, 7) is 13.0. The van der Waals surface area contributed by atoms with Crippen LogP contribution in [0.15, 0.2) is 55.1 Å². The Labute approximate surface area is 206 Å². The zero-order valence-electron chi connectivity index (χ0n) is 21.1. The lowest BCUT2D eigenvalue weighted by Crippen LogP contribution is -2.51. The number of phenolic OH excluding ortho intramolecular Hbond substituents is 1. The van der Waals surface area contributed by atoms with Crippen molar-refractivity contribution in [2.24, 2.45) is 0 Å². The van der Waals surface area contributed by atoms with Gasteiger partial charge in [-0.2, -0.15) is 0 Å². The molecule has 1 atom stereocenters. The molecule has 0 fully saturated rings. The first kappa shape index (κ1) is 25.0. The Bertz CT molecular complexity index is 1310. The van der Waals surface area contributed by atoms with E-state index in [-0.39, 0.29) is 22.2 Å². The molecule has 3 aromatic heterocycles. The minimum absolute atomic E-state index is 0.0413. The summed E-state index contributed by atoms with van der Waals surface area (Å²) < 4.78 is 31.2. The molecule has 1 aromatic carbocycles. The van der Waals surface area contributed by atoms with E-state index in [1.807, 2.05) is 24.4 Å². The van der Waals surface area contributed by atoms with Crippen molar-refractivity contribution in [2.45, 2.75) is 63.7 Å². The van der Waals surface area contributed by atoms with E-state index in [4.69, 9.17) is 0 Å². The highest BCUT2D eigenvalue weighted by molar-refractivity contribution is 6.85. The van der Waals surface area contributed by atoms with E-state index in [0.717, 1.165) is 28.1 Å². The largest absolute Gasteiger partial charge is 0.505 e. The predicted octanol–water partition coefficient (Wildman–Crippen LogP) is 7.96. The lowest BCUT2D eigenvalue weighted by atomic mass is 10.0. The second kappa shape index (κ2) is 9.53. The standard InChI is InChI=1S/C28H33F2N3OSi/c1-16(2)35(17(3)4,18(5)6)27(25-23(29)9-10-24(34)26(25)30)22-15-33-28-21(22)12-20(14-32-28)19-8-7-11-31-13-19/h7-18,27,34H,1-6H3,(H,32,33). The second-order valence-corrected chi connectivity index (χ2v) is 16.3. The third-order valence-corrected chi connectivity index (χ3v) is 15.4. The van der Waals surface area contributed by atoms with Crippen LogP contribution in [0.3, 0.4) is 0 Å². The molecule has 0 aliphatic rings. The van der Waals surface area contributed by atoms with Crippen LogP contribution in [-0.4, -0.2) is 28.1 Å². The Balaban J connectivity index is 2.10. The van der Waals surface area contributed by atoms with Crippen LogP contribution in [0.2, 0.25) is 16.6 Å². The Kier molecular flexibility index (Phi) is 6.82. The van der Waals surface area contributed by atoms with Crippen molar-refractivity contribution in [1.29, 1.82) is 0 Å². The van der Waals surface area contributed by atoms with Crippen molar-refractivity contribution in [3.05, 3.63) is 77.9 Å². The van der Waals surface area contributed by atoms with Crippen molar-refractivity contribution >= 4 is 19.1 Å². The summed E-state index contributed by atoms with van der Waals surface area (Å²) in [5.74, 6) is -2.03. The van der Waals surface area contributed by atoms with Crippen LogP contribution in [0.4, 0.5) is 8.78 Å². The number of halogens is 2. The van der Waals surface area contributed by atoms with Gasteiger partial charge in [-0.25, -0.2) is 13.8 Å². The molecule has 4 aromatic rings. The van der Waals surface area contributed by atoms with Gasteiger partial charge in [0.2, 0.25) is 0 Å². The molecule has 3 heterocycles. The van der Waals surface area contributed by atoms with E-state index in [9.17, 15) is 5.11 Å². The van der Waals surface area contributed by atoms with Gasteiger partial charge in [0.25, 0.3) is 0 Å². The molecule has 0 saturated heterocycles. The van der Waals surface area contributed by atoms with Crippen molar-refractivity contribution in [3.63, 3.8) is 0 Å². The zero-order valence-corrected chi connectivity index (χ0v) is 22.1. The third kappa shape index (κ3) is 4.05. The van der Waals surface area contributed by atoms with Crippen molar-refractivity contribution < 1.29 is 13.9 Å². The summed E-state index contributed by atoms with van der Waals surface area (Å²) in [6, 6.07) is 8.12. The van der Waals surface area contributed by atoms with Crippen molar-refractivity contribution in [3.8, 4) is 16.9 Å². The molecule has 2 N–H and O–H groups in total. The number of nitrogens with one attached hydrogen (secondary N) is 1. The molecular formula is C28H33F2N3OSi. The van der Waals surface area contributed by atoms with Gasteiger partial charge in [0.1, 0.15) is 11.5 Å². The van der Waals surface area contributed by atoms with E-state index in [0.29, 0.717) is 5.65 Å². The molecule has 0 amide bonds. The molecule has 0 saturated carbocycles. The third-order valence-electron chi connectivity index (χ3n) is 7.76. The van der Waals surface area contributed by atoms with Gasteiger partial charge in [0, 0.05) is 52.4 Å². The number of nitrogens with zero attached hydrogens (tertiary/aromatic N) is 2. The summed E-state index contributed by atoms with van der Waals surface area (Å²) in [4.78, 5) is 12.1. The second-order valence-electron chi connectivity index (χ2n) is 10.3. The molecule has 35 heavy (non-hydrogen) atoms. The molecule has 4 nitrogen and oxygen atoms in total. The molecule has 0 radical (unpaired) electrons. The molecule has 7 heteroatoms. The maximum atomic E-state index is 15.7. The summed E-state index contributed by atoms with van der Waals surface area (Å²) in [7, 11) is -2.55. The van der Waals surface area contributed by atoms with E-state index in [1.54, 1.807) is 18.6 Å². The number of fused-ring (bicyclic) bond motifs is 1. The number of H-pyrrole nitrogens is 1. The minimum atomic E-state index is -2.55. The number of aromatic hydroxyl groups is 1. The lowest BCUT2D eigenvalue weighted by molar-refractivity contribution is 0.421. The number of rotatable bonds is 7. The van der Waals surface area contributed by atoms with Gasteiger partial charge in [-0.15, -0.1) is 0 Å². The molecule has 184 valence electrons. The maximum Gasteiger partial charge on any atom is 0.171 e. The van der Waals surface area contributed by atoms with Gasteiger partial charge in [-0.1, -0.05) is 47.6 Å². The van der Waals surface area contributed by atoms with Crippen LogP contribution in [0, 0.1) is 11.6 Å². The fourth-order valence-electron chi connectivity index (χ4n) is 6.45. The van der Waals surface area contributed by atoms with Crippen LogP contribution < -0.4 is 0 Å². The van der Waals surface area contributed by atoms with Gasteiger partial charge < -0.3 is 10.1 Å². The zero-order chi connectivity index (χ0) is 25.5. The average Bonchev–Trinajstić information content (AvgIpc) is 3.23. The average molecular weight is 494 g/mol. The van der Waals surface area contributed by atoms with Crippen LogP contribution in [0.25, 0.3) is 22.2 Å². The summed E-state index contributed by atoms with van der Waals surface area (Å²) in [6.07, 6.45) is 7.13.